The molecule has 0 amide bonds. The third-order valence-corrected chi connectivity index (χ3v) is 11.8. The summed E-state index contributed by atoms with van der Waals surface area (Å²) in [7, 11) is 0. The van der Waals surface area contributed by atoms with Gasteiger partial charge in [-0.3, -0.25) is 14.0 Å². The number of aromatic nitrogens is 2. The minimum atomic E-state index is -1.36. The lowest BCUT2D eigenvalue weighted by molar-refractivity contribution is -0.196. The van der Waals surface area contributed by atoms with E-state index in [2.05, 4.69) is 18.1 Å². The molecule has 0 bridgehead atoms. The van der Waals surface area contributed by atoms with Crippen LogP contribution in [0.3, 0.4) is 0 Å². The van der Waals surface area contributed by atoms with E-state index in [0.717, 1.165) is 54.4 Å². The molecule has 0 spiro atoms. The van der Waals surface area contributed by atoms with Crippen molar-refractivity contribution in [2.75, 3.05) is 12.4 Å². The lowest BCUT2D eigenvalue weighted by Gasteiger charge is -2.60. The van der Waals surface area contributed by atoms with E-state index in [1.54, 1.807) is 19.1 Å². The van der Waals surface area contributed by atoms with Crippen molar-refractivity contribution in [3.63, 3.8) is 0 Å². The van der Waals surface area contributed by atoms with Gasteiger partial charge < -0.3 is 9.84 Å². The second kappa shape index (κ2) is 10.3. The van der Waals surface area contributed by atoms with Crippen LogP contribution < -0.4 is 0 Å². The van der Waals surface area contributed by atoms with E-state index in [-0.39, 0.29) is 46.3 Å². The van der Waals surface area contributed by atoms with Gasteiger partial charge in [-0.15, -0.1) is 0 Å². The number of ether oxygens (including phenoxy) is 1. The van der Waals surface area contributed by atoms with Crippen molar-refractivity contribution in [3.05, 3.63) is 53.1 Å². The molecule has 9 heteroatoms. The zero-order chi connectivity index (χ0) is 29.2. The molecule has 0 aliphatic heterocycles. The Kier molecular flexibility index (Phi) is 7.21. The highest BCUT2D eigenvalue weighted by atomic mass is 32.2. The van der Waals surface area contributed by atoms with Gasteiger partial charge in [0.25, 0.3) is 0 Å². The van der Waals surface area contributed by atoms with E-state index in [9.17, 15) is 23.5 Å². The Balaban J connectivity index is 1.34. The number of esters is 1. The van der Waals surface area contributed by atoms with E-state index in [1.807, 2.05) is 17.8 Å². The van der Waals surface area contributed by atoms with E-state index < -0.39 is 29.8 Å². The van der Waals surface area contributed by atoms with Crippen LogP contribution in [-0.2, 0) is 20.7 Å². The molecular formula is C32H38F2N2O4S. The topological polar surface area (TPSA) is 81.4 Å². The van der Waals surface area contributed by atoms with Crippen LogP contribution in [0.4, 0.5) is 8.78 Å². The lowest BCUT2D eigenvalue weighted by Crippen LogP contribution is -2.62. The summed E-state index contributed by atoms with van der Waals surface area (Å²) in [5, 5.41) is 16.3. The second-order valence-electron chi connectivity index (χ2n) is 12.7. The fourth-order valence-corrected chi connectivity index (χ4v) is 9.89. The summed E-state index contributed by atoms with van der Waals surface area (Å²) >= 11 is 0.909. The number of aliphatic hydroxyl groups excluding tert-OH is 1. The fourth-order valence-electron chi connectivity index (χ4n) is 9.02. The van der Waals surface area contributed by atoms with Crippen molar-refractivity contribution < 1.29 is 28.2 Å². The summed E-state index contributed by atoms with van der Waals surface area (Å²) in [5.41, 5.74) is 1.80. The van der Waals surface area contributed by atoms with Crippen molar-refractivity contribution in [2.24, 2.45) is 28.6 Å². The van der Waals surface area contributed by atoms with E-state index >= 15 is 0 Å². The van der Waals surface area contributed by atoms with Crippen molar-refractivity contribution >= 4 is 28.9 Å². The maximum absolute atomic E-state index is 13.7. The van der Waals surface area contributed by atoms with Gasteiger partial charge in [-0.05, 0) is 97.6 Å². The molecule has 7 atom stereocenters. The molecule has 4 aliphatic carbocycles. The van der Waals surface area contributed by atoms with Gasteiger partial charge in [0.15, 0.2) is 5.60 Å². The Labute approximate surface area is 243 Å². The Morgan fingerprint density at radius 1 is 1.22 bits per heavy atom. The SMILES string of the molecule is CCC(=O)O[C@]1(C(=O)SCCF)CC[C@H]2[C@@H]3CCC4=Cc5c(cnn5-c5ccc(F)cc5)CC4(C)[C@H]3[C@@H](O)C[C@@]21C. The Morgan fingerprint density at radius 2 is 1.98 bits per heavy atom. The Hall–Kier alpha value is -2.52. The molecule has 220 valence electrons. The number of hydrogen-bond donors (Lipinski definition) is 1. The first kappa shape index (κ1) is 28.6. The summed E-state index contributed by atoms with van der Waals surface area (Å²) < 4.78 is 34.5. The van der Waals surface area contributed by atoms with Gasteiger partial charge in [0.05, 0.1) is 30.4 Å². The number of carbonyl (C=O) groups excluding carboxylic acids is 2. The highest BCUT2D eigenvalue weighted by Crippen LogP contribution is 2.68. The van der Waals surface area contributed by atoms with Crippen LogP contribution in [0.2, 0.25) is 0 Å². The average Bonchev–Trinajstić information content (AvgIpc) is 3.48. The molecule has 3 fully saturated rings. The minimum Gasteiger partial charge on any atom is -0.449 e. The molecule has 0 radical (unpaired) electrons. The van der Waals surface area contributed by atoms with Crippen LogP contribution in [0.5, 0.6) is 0 Å². The number of allylic oxidation sites excluding steroid dienone is 1. The molecule has 2 aromatic rings. The summed E-state index contributed by atoms with van der Waals surface area (Å²) in [4.78, 5) is 26.3. The summed E-state index contributed by atoms with van der Waals surface area (Å²) in [5.74, 6) is -0.469. The van der Waals surface area contributed by atoms with Crippen molar-refractivity contribution in [1.82, 2.24) is 9.78 Å². The number of aliphatic hydroxyl groups is 1. The van der Waals surface area contributed by atoms with E-state index in [1.165, 1.54) is 17.7 Å². The summed E-state index contributed by atoms with van der Waals surface area (Å²) in [6.45, 7) is 5.34. The smallest absolute Gasteiger partial charge is 0.306 e. The molecule has 3 saturated carbocycles. The molecule has 4 aliphatic rings. The first-order valence-electron chi connectivity index (χ1n) is 14.7. The van der Waals surface area contributed by atoms with Gasteiger partial charge in [-0.1, -0.05) is 38.1 Å². The number of carbonyl (C=O) groups is 2. The first-order chi connectivity index (χ1) is 19.6. The van der Waals surface area contributed by atoms with Gasteiger partial charge in [0.2, 0.25) is 5.12 Å². The van der Waals surface area contributed by atoms with Crippen molar-refractivity contribution in [3.8, 4) is 5.69 Å². The number of thioether (sulfide) groups is 1. The van der Waals surface area contributed by atoms with Gasteiger partial charge in [0.1, 0.15) is 5.82 Å². The summed E-state index contributed by atoms with van der Waals surface area (Å²) in [6, 6.07) is 6.32. The zero-order valence-electron chi connectivity index (χ0n) is 23.9. The molecule has 6 nitrogen and oxygen atoms in total. The molecule has 1 unspecified atom stereocenters. The predicted molar refractivity (Wildman–Crippen MR) is 154 cm³/mol. The number of alkyl halides is 1. The highest BCUT2D eigenvalue weighted by molar-refractivity contribution is 8.13. The maximum atomic E-state index is 13.7. The molecule has 1 N–H and O–H groups in total. The third kappa shape index (κ3) is 4.24. The maximum Gasteiger partial charge on any atom is 0.306 e. The normalized spacial score (nSPS) is 35.5. The number of benzene rings is 1. The predicted octanol–water partition coefficient (Wildman–Crippen LogP) is 6.09. The Morgan fingerprint density at radius 3 is 2.68 bits per heavy atom. The van der Waals surface area contributed by atoms with Crippen molar-refractivity contribution in [1.29, 1.82) is 0 Å². The molecule has 1 heterocycles. The number of rotatable bonds is 6. The number of hydrogen-bond acceptors (Lipinski definition) is 6. The van der Waals surface area contributed by atoms with Gasteiger partial charge in [0, 0.05) is 17.6 Å². The van der Waals surface area contributed by atoms with Crippen LogP contribution in [0.25, 0.3) is 11.8 Å². The largest absolute Gasteiger partial charge is 0.449 e. The van der Waals surface area contributed by atoms with Gasteiger partial charge in [-0.2, -0.15) is 5.10 Å². The van der Waals surface area contributed by atoms with Crippen LogP contribution >= 0.6 is 11.8 Å². The zero-order valence-corrected chi connectivity index (χ0v) is 24.7. The van der Waals surface area contributed by atoms with Crippen molar-refractivity contribution in [2.45, 2.75) is 77.4 Å². The minimum absolute atomic E-state index is 0.0193. The second-order valence-corrected chi connectivity index (χ2v) is 13.8. The number of halogens is 2. The molecule has 6 rings (SSSR count). The van der Waals surface area contributed by atoms with Crippen LogP contribution in [0.1, 0.15) is 70.6 Å². The van der Waals surface area contributed by atoms with Crippen LogP contribution in [0.15, 0.2) is 36.0 Å². The standard InChI is InChI=1S/C32H38F2N2O4S/c1-4-27(38)40-32(29(39)41-14-13-33)12-11-24-23-10-5-20-15-25-19(18-35-36(25)22-8-6-21(34)7-9-22)16-30(20,2)28(23)26(37)17-31(24,32)3/h6-9,15,18,23-24,26,28,37H,4-5,10-14,16-17H2,1-3H3/t23-,24-,26-,28+,30?,31-,32-/m0/s1. The quantitative estimate of drug-likeness (QED) is 0.414. The first-order valence-corrected chi connectivity index (χ1v) is 15.7. The number of nitrogens with zero attached hydrogens (tertiary/aromatic N) is 2. The van der Waals surface area contributed by atoms with Gasteiger partial charge >= 0.3 is 5.97 Å². The third-order valence-electron chi connectivity index (χ3n) is 10.8. The van der Waals surface area contributed by atoms with Crippen LogP contribution in [-0.4, -0.2) is 50.1 Å². The molecule has 1 aromatic heterocycles. The fraction of sp³-hybridized carbons (Fsp3) is 0.594. The molecular weight excluding hydrogens is 546 g/mol. The van der Waals surface area contributed by atoms with E-state index in [4.69, 9.17) is 4.74 Å². The molecule has 41 heavy (non-hydrogen) atoms. The van der Waals surface area contributed by atoms with E-state index in [0.29, 0.717) is 12.8 Å². The lowest BCUT2D eigenvalue weighted by atomic mass is 9.45. The number of fused-ring (bicyclic) bond motifs is 6. The average molecular weight is 585 g/mol. The molecule has 1 aromatic carbocycles. The highest BCUT2D eigenvalue weighted by Gasteiger charge is 2.70. The Bertz CT molecular complexity index is 1390. The van der Waals surface area contributed by atoms with Gasteiger partial charge in [-0.25, -0.2) is 9.07 Å². The molecule has 0 saturated heterocycles. The van der Waals surface area contributed by atoms with Crippen LogP contribution in [0, 0.1) is 34.4 Å². The monoisotopic (exact) mass is 584 g/mol. The summed E-state index contributed by atoms with van der Waals surface area (Å²) in [6.07, 6.45) is 7.49.